The SMILES string of the molecule is CN(C)CCCCNC(=O)/C=C/c1ccccc1SC1CCCCC1. The largest absolute Gasteiger partial charge is 0.353 e. The van der Waals surface area contributed by atoms with Gasteiger partial charge in [0.2, 0.25) is 5.91 Å². The minimum atomic E-state index is 0.00215. The van der Waals surface area contributed by atoms with E-state index in [1.54, 1.807) is 6.08 Å². The van der Waals surface area contributed by atoms with Crippen LogP contribution in [0.15, 0.2) is 35.2 Å². The third-order valence-electron chi connectivity index (χ3n) is 4.51. The number of hydrogen-bond acceptors (Lipinski definition) is 3. The fourth-order valence-electron chi connectivity index (χ4n) is 3.08. The molecule has 1 amide bonds. The smallest absolute Gasteiger partial charge is 0.243 e. The summed E-state index contributed by atoms with van der Waals surface area (Å²) in [6.45, 7) is 1.81. The molecule has 0 atom stereocenters. The lowest BCUT2D eigenvalue weighted by atomic mass is 10.0. The molecule has 1 N–H and O–H groups in total. The van der Waals surface area contributed by atoms with Gasteiger partial charge in [0, 0.05) is 22.8 Å². The molecule has 138 valence electrons. The Kier molecular flexibility index (Phi) is 9.12. The first-order valence-corrected chi connectivity index (χ1v) is 10.4. The summed E-state index contributed by atoms with van der Waals surface area (Å²) in [4.78, 5) is 15.5. The minimum absolute atomic E-state index is 0.00215. The Morgan fingerprint density at radius 2 is 1.96 bits per heavy atom. The Bertz CT molecular complexity index is 551. The summed E-state index contributed by atoms with van der Waals surface area (Å²) in [5.74, 6) is 0.00215. The highest BCUT2D eigenvalue weighted by molar-refractivity contribution is 8.00. The van der Waals surface area contributed by atoms with Gasteiger partial charge in [-0.15, -0.1) is 11.8 Å². The van der Waals surface area contributed by atoms with Gasteiger partial charge in [0.25, 0.3) is 0 Å². The normalized spacial score (nSPS) is 15.8. The second-order valence-corrected chi connectivity index (χ2v) is 8.39. The van der Waals surface area contributed by atoms with Crippen LogP contribution in [0.3, 0.4) is 0 Å². The van der Waals surface area contributed by atoms with Gasteiger partial charge in [-0.2, -0.15) is 0 Å². The quantitative estimate of drug-likeness (QED) is 0.517. The Balaban J connectivity index is 1.80. The highest BCUT2D eigenvalue weighted by Gasteiger charge is 2.15. The minimum Gasteiger partial charge on any atom is -0.353 e. The van der Waals surface area contributed by atoms with E-state index in [4.69, 9.17) is 0 Å². The summed E-state index contributed by atoms with van der Waals surface area (Å²) in [6, 6.07) is 8.42. The van der Waals surface area contributed by atoms with E-state index in [1.807, 2.05) is 23.9 Å². The molecule has 4 heteroatoms. The zero-order valence-corrected chi connectivity index (χ0v) is 16.5. The third-order valence-corrected chi connectivity index (χ3v) is 5.94. The Labute approximate surface area is 157 Å². The van der Waals surface area contributed by atoms with E-state index in [-0.39, 0.29) is 5.91 Å². The van der Waals surface area contributed by atoms with Gasteiger partial charge in [0.05, 0.1) is 0 Å². The van der Waals surface area contributed by atoms with Crippen molar-refractivity contribution in [3.05, 3.63) is 35.9 Å². The number of rotatable bonds is 9. The number of carbonyl (C=O) groups is 1. The van der Waals surface area contributed by atoms with Crippen molar-refractivity contribution in [3.8, 4) is 0 Å². The van der Waals surface area contributed by atoms with Gasteiger partial charge < -0.3 is 10.2 Å². The maximum absolute atomic E-state index is 12.0. The predicted octanol–water partition coefficient (Wildman–Crippen LogP) is 4.58. The number of nitrogens with zero attached hydrogens (tertiary/aromatic N) is 1. The number of thioether (sulfide) groups is 1. The average molecular weight is 361 g/mol. The van der Waals surface area contributed by atoms with Crippen molar-refractivity contribution in [2.75, 3.05) is 27.2 Å². The van der Waals surface area contributed by atoms with Crippen LogP contribution in [0, 0.1) is 0 Å². The van der Waals surface area contributed by atoms with Crippen LogP contribution in [0.1, 0.15) is 50.5 Å². The van der Waals surface area contributed by atoms with Crippen LogP contribution in [0.25, 0.3) is 6.08 Å². The van der Waals surface area contributed by atoms with Gasteiger partial charge >= 0.3 is 0 Å². The molecule has 0 saturated heterocycles. The summed E-state index contributed by atoms with van der Waals surface area (Å²) in [7, 11) is 4.15. The van der Waals surface area contributed by atoms with E-state index in [1.165, 1.54) is 37.0 Å². The molecule has 2 rings (SSSR count). The summed E-state index contributed by atoms with van der Waals surface area (Å²) in [6.07, 6.45) is 12.5. The Morgan fingerprint density at radius 3 is 2.72 bits per heavy atom. The molecule has 0 unspecified atom stereocenters. The van der Waals surface area contributed by atoms with E-state index in [0.29, 0.717) is 0 Å². The number of nitrogens with one attached hydrogen (secondary N) is 1. The molecule has 1 saturated carbocycles. The molecule has 1 aromatic rings. The molecule has 1 aliphatic rings. The third kappa shape index (κ3) is 8.10. The molecular formula is C21H32N2OS. The fraction of sp³-hybridized carbons (Fsp3) is 0.571. The van der Waals surface area contributed by atoms with Crippen molar-refractivity contribution < 1.29 is 4.79 Å². The van der Waals surface area contributed by atoms with E-state index < -0.39 is 0 Å². The number of unbranched alkanes of at least 4 members (excludes halogenated alkanes) is 1. The standard InChI is InChI=1S/C21H32N2OS/c1-23(2)17-9-8-16-22-21(24)15-14-18-10-6-7-13-20(18)25-19-11-4-3-5-12-19/h6-7,10,13-15,19H,3-5,8-9,11-12,16-17H2,1-2H3,(H,22,24)/b15-14+. The number of amides is 1. The summed E-state index contributed by atoms with van der Waals surface area (Å²) in [5.41, 5.74) is 1.15. The van der Waals surface area contributed by atoms with Crippen LogP contribution in [0.2, 0.25) is 0 Å². The van der Waals surface area contributed by atoms with Crippen LogP contribution < -0.4 is 5.32 Å². The van der Waals surface area contributed by atoms with Crippen molar-refractivity contribution in [1.82, 2.24) is 10.2 Å². The molecule has 3 nitrogen and oxygen atoms in total. The molecular weight excluding hydrogens is 328 g/mol. The van der Waals surface area contributed by atoms with Gasteiger partial charge in [0.1, 0.15) is 0 Å². The molecule has 0 heterocycles. The van der Waals surface area contributed by atoms with E-state index >= 15 is 0 Å². The van der Waals surface area contributed by atoms with Crippen molar-refractivity contribution in [3.63, 3.8) is 0 Å². The Morgan fingerprint density at radius 1 is 1.20 bits per heavy atom. The van der Waals surface area contributed by atoms with Crippen molar-refractivity contribution >= 4 is 23.7 Å². The van der Waals surface area contributed by atoms with Crippen LogP contribution in [-0.4, -0.2) is 43.2 Å². The second-order valence-electron chi connectivity index (χ2n) is 7.05. The van der Waals surface area contributed by atoms with E-state index in [0.717, 1.165) is 36.7 Å². The number of benzene rings is 1. The van der Waals surface area contributed by atoms with Gasteiger partial charge in [-0.05, 0) is 64.0 Å². The van der Waals surface area contributed by atoms with Gasteiger partial charge in [-0.25, -0.2) is 0 Å². The molecule has 0 bridgehead atoms. The first kappa shape index (κ1) is 20.1. The molecule has 0 aliphatic heterocycles. The molecule has 0 radical (unpaired) electrons. The molecule has 1 aromatic carbocycles. The highest BCUT2D eigenvalue weighted by Crippen LogP contribution is 2.35. The Hall–Kier alpha value is -1.26. The topological polar surface area (TPSA) is 32.3 Å². The number of carbonyl (C=O) groups excluding carboxylic acids is 1. The molecule has 0 aromatic heterocycles. The lowest BCUT2D eigenvalue weighted by molar-refractivity contribution is -0.116. The van der Waals surface area contributed by atoms with Crippen molar-refractivity contribution in [1.29, 1.82) is 0 Å². The zero-order chi connectivity index (χ0) is 17.9. The van der Waals surface area contributed by atoms with Crippen LogP contribution in [0.4, 0.5) is 0 Å². The first-order valence-electron chi connectivity index (χ1n) is 9.51. The fourth-order valence-corrected chi connectivity index (χ4v) is 4.43. The lowest BCUT2D eigenvalue weighted by Gasteiger charge is -2.21. The van der Waals surface area contributed by atoms with Crippen LogP contribution >= 0.6 is 11.8 Å². The van der Waals surface area contributed by atoms with Crippen LogP contribution in [-0.2, 0) is 4.79 Å². The number of hydrogen-bond donors (Lipinski definition) is 1. The van der Waals surface area contributed by atoms with E-state index in [2.05, 4.69) is 42.5 Å². The van der Waals surface area contributed by atoms with E-state index in [9.17, 15) is 4.79 Å². The molecule has 0 spiro atoms. The molecule has 1 fully saturated rings. The summed E-state index contributed by atoms with van der Waals surface area (Å²) in [5, 5.41) is 3.71. The highest BCUT2D eigenvalue weighted by atomic mass is 32.2. The second kappa shape index (κ2) is 11.4. The summed E-state index contributed by atoms with van der Waals surface area (Å²) < 4.78 is 0. The van der Waals surface area contributed by atoms with Gasteiger partial charge in [-0.3, -0.25) is 4.79 Å². The van der Waals surface area contributed by atoms with Crippen molar-refractivity contribution in [2.24, 2.45) is 0 Å². The zero-order valence-electron chi connectivity index (χ0n) is 15.7. The molecule has 1 aliphatic carbocycles. The van der Waals surface area contributed by atoms with Crippen molar-refractivity contribution in [2.45, 2.75) is 55.1 Å². The lowest BCUT2D eigenvalue weighted by Crippen LogP contribution is -2.23. The van der Waals surface area contributed by atoms with Gasteiger partial charge in [0.15, 0.2) is 0 Å². The first-order chi connectivity index (χ1) is 12.1. The van der Waals surface area contributed by atoms with Gasteiger partial charge in [-0.1, -0.05) is 37.5 Å². The average Bonchev–Trinajstić information content (AvgIpc) is 2.61. The monoisotopic (exact) mass is 360 g/mol. The summed E-state index contributed by atoms with van der Waals surface area (Å²) >= 11 is 1.98. The predicted molar refractivity (Wildman–Crippen MR) is 109 cm³/mol. The molecule has 25 heavy (non-hydrogen) atoms. The van der Waals surface area contributed by atoms with Crippen LogP contribution in [0.5, 0.6) is 0 Å². The maximum atomic E-state index is 12.0. The maximum Gasteiger partial charge on any atom is 0.243 e.